The third-order valence-electron chi connectivity index (χ3n) is 4.96. The topological polar surface area (TPSA) is 78.9 Å². The molecule has 4 atom stereocenters. The number of rotatable bonds is 4. The van der Waals surface area contributed by atoms with E-state index in [1.807, 2.05) is 11.8 Å². The molecule has 8 heteroatoms. The van der Waals surface area contributed by atoms with E-state index in [0.717, 1.165) is 17.1 Å². The molecule has 24 heavy (non-hydrogen) atoms. The van der Waals surface area contributed by atoms with Crippen LogP contribution < -0.4 is 10.2 Å². The van der Waals surface area contributed by atoms with E-state index in [1.165, 1.54) is 11.0 Å². The van der Waals surface area contributed by atoms with E-state index in [2.05, 4.69) is 5.32 Å². The molecule has 1 aliphatic carbocycles. The lowest BCUT2D eigenvalue weighted by Crippen LogP contribution is -2.33. The van der Waals surface area contributed by atoms with Gasteiger partial charge in [-0.05, 0) is 47.0 Å². The molecular weight excluding hydrogens is 335 g/mol. The monoisotopic (exact) mass is 352 g/mol. The molecule has 2 amide bonds. The normalized spacial score (nSPS) is 30.9. The van der Waals surface area contributed by atoms with E-state index >= 15 is 0 Å². The molecule has 4 rings (SSSR count). The molecule has 2 heterocycles. The lowest BCUT2D eigenvalue weighted by Gasteiger charge is -2.15. The molecule has 3 aliphatic rings. The Bertz CT molecular complexity index is 691. The van der Waals surface area contributed by atoms with Crippen LogP contribution in [0.4, 0.5) is 19.7 Å². The number of hydrogen-bond donors (Lipinski definition) is 2. The highest BCUT2D eigenvalue weighted by Gasteiger charge is 2.54. The fourth-order valence-corrected chi connectivity index (χ4v) is 5.28. The zero-order valence-corrected chi connectivity index (χ0v) is 13.6. The highest BCUT2D eigenvalue weighted by molar-refractivity contribution is 7.99. The molecule has 128 valence electrons. The van der Waals surface area contributed by atoms with Gasteiger partial charge in [0.25, 0.3) is 0 Å². The molecule has 1 unspecified atom stereocenters. The highest BCUT2D eigenvalue weighted by Crippen LogP contribution is 2.61. The van der Waals surface area contributed by atoms with E-state index in [9.17, 15) is 14.0 Å². The van der Waals surface area contributed by atoms with Gasteiger partial charge in [0.05, 0.1) is 18.8 Å². The summed E-state index contributed by atoms with van der Waals surface area (Å²) in [6.45, 7) is 0.213. The van der Waals surface area contributed by atoms with E-state index in [1.54, 1.807) is 12.1 Å². The van der Waals surface area contributed by atoms with Crippen molar-refractivity contribution in [3.8, 4) is 0 Å². The van der Waals surface area contributed by atoms with Crippen LogP contribution in [0.25, 0.3) is 0 Å². The zero-order valence-electron chi connectivity index (χ0n) is 12.8. The van der Waals surface area contributed by atoms with Gasteiger partial charge in [-0.25, -0.2) is 14.0 Å². The Hall–Kier alpha value is -1.96. The van der Waals surface area contributed by atoms with Crippen molar-refractivity contribution in [1.29, 1.82) is 0 Å². The summed E-state index contributed by atoms with van der Waals surface area (Å²) < 4.78 is 19.6. The molecule has 6 nitrogen and oxygen atoms in total. The van der Waals surface area contributed by atoms with E-state index in [0.29, 0.717) is 23.4 Å². The summed E-state index contributed by atoms with van der Waals surface area (Å²) in [6, 6.07) is 4.90. The number of carbonyl (C=O) groups is 2. The first-order chi connectivity index (χ1) is 11.5. The highest BCUT2D eigenvalue weighted by atomic mass is 32.2. The van der Waals surface area contributed by atoms with Crippen LogP contribution in [0.15, 0.2) is 18.2 Å². The van der Waals surface area contributed by atoms with E-state index < -0.39 is 18.3 Å². The summed E-state index contributed by atoms with van der Waals surface area (Å²) in [5, 5.41) is 10.8. The molecule has 1 saturated carbocycles. The minimum atomic E-state index is -1.17. The number of carbonyl (C=O) groups excluding carboxylic acids is 1. The van der Waals surface area contributed by atoms with Crippen molar-refractivity contribution in [2.24, 2.45) is 11.8 Å². The van der Waals surface area contributed by atoms with Crippen molar-refractivity contribution in [3.05, 3.63) is 29.6 Å². The molecule has 0 bridgehead atoms. The third-order valence-corrected chi connectivity index (χ3v) is 6.20. The van der Waals surface area contributed by atoms with Gasteiger partial charge in [0.15, 0.2) is 0 Å². The number of halogens is 1. The average molecular weight is 352 g/mol. The summed E-state index contributed by atoms with van der Waals surface area (Å²) in [6.07, 6.45) is -2.33. The fraction of sp³-hybridized carbons (Fsp3) is 0.500. The standard InChI is InChI=1S/C16H17FN2O4S/c17-13-3-8(1-2-10(13)14-11-6-24-7-12(11)14)19-5-9(23-16(19)22)4-18-15(20)21/h1-3,9,11-12,14,18H,4-7H2,(H,20,21)/t9-,11-,12+,14?/m0/s1. The van der Waals surface area contributed by atoms with Gasteiger partial charge < -0.3 is 15.2 Å². The molecule has 2 aliphatic heterocycles. The molecule has 2 saturated heterocycles. The van der Waals surface area contributed by atoms with Gasteiger partial charge >= 0.3 is 12.2 Å². The third kappa shape index (κ3) is 2.68. The molecule has 0 aromatic heterocycles. The number of hydrogen-bond acceptors (Lipinski definition) is 4. The summed E-state index contributed by atoms with van der Waals surface area (Å²) in [5.74, 6) is 3.44. The largest absolute Gasteiger partial charge is 0.465 e. The van der Waals surface area contributed by atoms with Crippen LogP contribution in [-0.4, -0.2) is 48.0 Å². The van der Waals surface area contributed by atoms with Gasteiger partial charge in [-0.2, -0.15) is 11.8 Å². The SMILES string of the molecule is O=C(O)NC[C@H]1CN(c2ccc(C3[C@H]4CSC[C@@H]34)c(F)c2)C(=O)O1. The Labute approximate surface area is 142 Å². The minimum Gasteiger partial charge on any atom is -0.465 e. The average Bonchev–Trinajstić information content (AvgIpc) is 2.88. The number of benzene rings is 1. The Morgan fingerprint density at radius 3 is 2.83 bits per heavy atom. The molecule has 0 spiro atoms. The lowest BCUT2D eigenvalue weighted by atomic mass is 10.1. The lowest BCUT2D eigenvalue weighted by molar-refractivity contribution is 0.136. The predicted octanol–water partition coefficient (Wildman–Crippen LogP) is 2.49. The second-order valence-corrected chi connectivity index (χ2v) is 7.47. The number of nitrogens with one attached hydrogen (secondary N) is 1. The molecule has 0 radical (unpaired) electrons. The van der Waals surface area contributed by atoms with Crippen molar-refractivity contribution < 1.29 is 23.8 Å². The van der Waals surface area contributed by atoms with Crippen LogP contribution in [0.5, 0.6) is 0 Å². The first-order valence-corrected chi connectivity index (χ1v) is 9.02. The summed E-state index contributed by atoms with van der Waals surface area (Å²) in [5.41, 5.74) is 1.19. The van der Waals surface area contributed by atoms with Gasteiger partial charge in [0.1, 0.15) is 11.9 Å². The Kier molecular flexibility index (Phi) is 3.79. The van der Waals surface area contributed by atoms with Crippen LogP contribution in [0, 0.1) is 17.7 Å². The second-order valence-electron chi connectivity index (χ2n) is 6.40. The predicted molar refractivity (Wildman–Crippen MR) is 87.1 cm³/mol. The molecular formula is C16H17FN2O4S. The van der Waals surface area contributed by atoms with Crippen molar-refractivity contribution >= 4 is 29.6 Å². The smallest absolute Gasteiger partial charge is 0.414 e. The van der Waals surface area contributed by atoms with Crippen LogP contribution in [0.2, 0.25) is 0 Å². The van der Waals surface area contributed by atoms with Crippen molar-refractivity contribution in [3.63, 3.8) is 0 Å². The van der Waals surface area contributed by atoms with Crippen molar-refractivity contribution in [1.82, 2.24) is 5.32 Å². The number of nitrogens with zero attached hydrogens (tertiary/aromatic N) is 1. The fourth-order valence-electron chi connectivity index (χ4n) is 3.70. The molecule has 1 aromatic carbocycles. The number of carboxylic acid groups (broad SMARTS) is 1. The van der Waals surface area contributed by atoms with Crippen molar-refractivity contribution in [2.75, 3.05) is 29.5 Å². The van der Waals surface area contributed by atoms with Crippen LogP contribution in [-0.2, 0) is 4.74 Å². The summed E-state index contributed by atoms with van der Waals surface area (Å²) in [4.78, 5) is 23.8. The molecule has 3 fully saturated rings. The maximum atomic E-state index is 14.5. The van der Waals surface area contributed by atoms with Gasteiger partial charge in [-0.3, -0.25) is 4.90 Å². The van der Waals surface area contributed by atoms with Gasteiger partial charge in [-0.15, -0.1) is 0 Å². The first-order valence-electron chi connectivity index (χ1n) is 7.86. The van der Waals surface area contributed by atoms with E-state index in [4.69, 9.17) is 9.84 Å². The maximum absolute atomic E-state index is 14.5. The summed E-state index contributed by atoms with van der Waals surface area (Å²) in [7, 11) is 0. The van der Waals surface area contributed by atoms with Crippen LogP contribution in [0.3, 0.4) is 0 Å². The van der Waals surface area contributed by atoms with Gasteiger partial charge in [0.2, 0.25) is 0 Å². The Morgan fingerprint density at radius 2 is 2.17 bits per heavy atom. The van der Waals surface area contributed by atoms with Gasteiger partial charge in [-0.1, -0.05) is 6.07 Å². The Balaban J connectivity index is 1.46. The number of anilines is 1. The molecule has 1 aromatic rings. The van der Waals surface area contributed by atoms with E-state index in [-0.39, 0.29) is 18.9 Å². The number of amides is 2. The first kappa shape index (κ1) is 15.6. The zero-order chi connectivity index (χ0) is 16.8. The Morgan fingerprint density at radius 1 is 1.42 bits per heavy atom. The van der Waals surface area contributed by atoms with Crippen LogP contribution in [0.1, 0.15) is 11.5 Å². The number of thioether (sulfide) groups is 1. The number of ether oxygens (including phenoxy) is 1. The number of cyclic esters (lactones) is 1. The summed E-state index contributed by atoms with van der Waals surface area (Å²) >= 11 is 1.93. The quantitative estimate of drug-likeness (QED) is 0.870. The maximum Gasteiger partial charge on any atom is 0.414 e. The second kappa shape index (κ2) is 5.84. The van der Waals surface area contributed by atoms with Crippen molar-refractivity contribution in [2.45, 2.75) is 12.0 Å². The number of fused-ring (bicyclic) bond motifs is 1. The molecule has 2 N–H and O–H groups in total. The van der Waals surface area contributed by atoms with Crippen LogP contribution >= 0.6 is 11.8 Å². The van der Waals surface area contributed by atoms with Gasteiger partial charge in [0, 0.05) is 0 Å². The minimum absolute atomic E-state index is 0.0151.